The van der Waals surface area contributed by atoms with Gasteiger partial charge in [0, 0.05) is 25.5 Å². The zero-order valence-electron chi connectivity index (χ0n) is 16.7. The van der Waals surface area contributed by atoms with Crippen molar-refractivity contribution >= 4 is 17.9 Å². The molecule has 3 aliphatic heterocycles. The number of amides is 3. The highest BCUT2D eigenvalue weighted by Crippen LogP contribution is 2.34. The minimum Gasteiger partial charge on any atom is -0.311 e. The van der Waals surface area contributed by atoms with E-state index < -0.39 is 12.2 Å². The Morgan fingerprint density at radius 2 is 1.93 bits per heavy atom. The van der Waals surface area contributed by atoms with Crippen LogP contribution in [0.2, 0.25) is 0 Å². The summed E-state index contributed by atoms with van der Waals surface area (Å²) in [5, 5.41) is 0. The molecule has 7 heteroatoms. The fourth-order valence-corrected chi connectivity index (χ4v) is 4.04. The molecule has 0 saturated carbocycles. The first kappa shape index (κ1) is 18.3. The molecular formula is C21H25N5O2. The van der Waals surface area contributed by atoms with Gasteiger partial charge in [-0.05, 0) is 31.9 Å². The van der Waals surface area contributed by atoms with Gasteiger partial charge in [0.2, 0.25) is 5.96 Å². The molecule has 0 bridgehead atoms. The van der Waals surface area contributed by atoms with Gasteiger partial charge in [-0.25, -0.2) is 9.79 Å². The van der Waals surface area contributed by atoms with Crippen LogP contribution in [0.4, 0.5) is 4.79 Å². The Bertz CT molecular complexity index is 935. The number of imide groups is 1. The number of hydrogen-bond acceptors (Lipinski definition) is 5. The predicted molar refractivity (Wildman–Crippen MR) is 107 cm³/mol. The molecule has 1 aromatic carbocycles. The summed E-state index contributed by atoms with van der Waals surface area (Å²) in [6, 6.07) is 5.24. The number of hydrogen-bond donors (Lipinski definition) is 0. The summed E-state index contributed by atoms with van der Waals surface area (Å²) in [6.45, 7) is 10.7. The largest absolute Gasteiger partial charge is 0.328 e. The van der Waals surface area contributed by atoms with Crippen LogP contribution in [-0.2, 0) is 11.3 Å². The van der Waals surface area contributed by atoms with Crippen LogP contribution in [0.1, 0.15) is 23.6 Å². The summed E-state index contributed by atoms with van der Waals surface area (Å²) in [6.07, 6.45) is 3.22. The average Bonchev–Trinajstić information content (AvgIpc) is 3.16. The minimum absolute atomic E-state index is 0.211. The lowest BCUT2D eigenvalue weighted by Gasteiger charge is -2.40. The molecule has 0 spiro atoms. The maximum Gasteiger partial charge on any atom is 0.328 e. The van der Waals surface area contributed by atoms with Crippen molar-refractivity contribution in [3.63, 3.8) is 0 Å². The standard InChI is InChI=1S/C21H25N5O2/c1-6-9-24-15(4)11-25-17-18(22-20(24)25)23(5)21(28)26(19(17)27)12-16-10-13(2)7-8-14(16)3/h6-8,10-11,17-18H,1,9,12H2,2-5H3. The third kappa shape index (κ3) is 2.61. The Hall–Kier alpha value is -3.09. The minimum atomic E-state index is -0.535. The highest BCUT2D eigenvalue weighted by atomic mass is 16.2. The first-order valence-electron chi connectivity index (χ1n) is 9.40. The quantitative estimate of drug-likeness (QED) is 0.754. The smallest absolute Gasteiger partial charge is 0.311 e. The van der Waals surface area contributed by atoms with Crippen LogP contribution >= 0.6 is 0 Å². The van der Waals surface area contributed by atoms with Crippen molar-refractivity contribution in [1.82, 2.24) is 19.6 Å². The molecule has 1 aromatic rings. The van der Waals surface area contributed by atoms with E-state index >= 15 is 0 Å². The lowest BCUT2D eigenvalue weighted by molar-refractivity contribution is -0.137. The van der Waals surface area contributed by atoms with Crippen LogP contribution in [0.3, 0.4) is 0 Å². The first-order valence-corrected chi connectivity index (χ1v) is 9.40. The molecule has 2 atom stereocenters. The van der Waals surface area contributed by atoms with E-state index in [1.165, 1.54) is 4.90 Å². The molecule has 3 amide bonds. The SMILES string of the molecule is C=CCN1C(C)=CN2C1=NC1C2C(=O)N(Cc2cc(C)ccc2C)C(=O)N1C. The van der Waals surface area contributed by atoms with Crippen molar-refractivity contribution in [3.05, 3.63) is 59.4 Å². The molecule has 3 heterocycles. The van der Waals surface area contributed by atoms with Crippen molar-refractivity contribution in [3.8, 4) is 0 Å². The Morgan fingerprint density at radius 3 is 2.64 bits per heavy atom. The molecule has 1 saturated heterocycles. The summed E-state index contributed by atoms with van der Waals surface area (Å²) in [4.78, 5) is 37.9. The van der Waals surface area contributed by atoms with Crippen LogP contribution in [0.15, 0.2) is 47.7 Å². The predicted octanol–water partition coefficient (Wildman–Crippen LogP) is 2.43. The van der Waals surface area contributed by atoms with E-state index in [1.54, 1.807) is 18.0 Å². The molecule has 146 valence electrons. The van der Waals surface area contributed by atoms with Crippen LogP contribution in [-0.4, -0.2) is 63.3 Å². The number of carbonyl (C=O) groups excluding carboxylic acids is 2. The van der Waals surface area contributed by atoms with Gasteiger partial charge in [-0.3, -0.25) is 9.69 Å². The van der Waals surface area contributed by atoms with E-state index in [9.17, 15) is 9.59 Å². The topological polar surface area (TPSA) is 59.5 Å². The van der Waals surface area contributed by atoms with Crippen LogP contribution in [0, 0.1) is 13.8 Å². The third-order valence-corrected chi connectivity index (χ3v) is 5.65. The highest BCUT2D eigenvalue weighted by molar-refractivity contribution is 6.04. The van der Waals surface area contributed by atoms with Crippen LogP contribution in [0.5, 0.6) is 0 Å². The Labute approximate surface area is 165 Å². The number of urea groups is 1. The summed E-state index contributed by atoms with van der Waals surface area (Å²) in [5.41, 5.74) is 4.15. The maximum absolute atomic E-state index is 13.4. The van der Waals surface area contributed by atoms with Gasteiger partial charge in [0.1, 0.15) is 0 Å². The number of benzene rings is 1. The number of nitrogens with zero attached hydrogens (tertiary/aromatic N) is 5. The fourth-order valence-electron chi connectivity index (χ4n) is 4.04. The number of rotatable bonds is 4. The van der Waals surface area contributed by atoms with Crippen LogP contribution < -0.4 is 0 Å². The van der Waals surface area contributed by atoms with Crippen molar-refractivity contribution in [2.45, 2.75) is 39.5 Å². The average molecular weight is 379 g/mol. The van der Waals surface area contributed by atoms with E-state index in [0.29, 0.717) is 12.5 Å². The third-order valence-electron chi connectivity index (χ3n) is 5.65. The molecule has 4 rings (SSSR count). The second-order valence-electron chi connectivity index (χ2n) is 7.61. The molecular weight excluding hydrogens is 354 g/mol. The monoisotopic (exact) mass is 379 g/mol. The Balaban J connectivity index is 1.66. The molecule has 2 unspecified atom stereocenters. The Morgan fingerprint density at radius 1 is 1.18 bits per heavy atom. The summed E-state index contributed by atoms with van der Waals surface area (Å²) >= 11 is 0. The van der Waals surface area contributed by atoms with E-state index in [1.807, 2.05) is 55.0 Å². The lowest BCUT2D eigenvalue weighted by atomic mass is 10.0. The first-order chi connectivity index (χ1) is 13.3. The van der Waals surface area contributed by atoms with Gasteiger partial charge in [0.15, 0.2) is 12.2 Å². The fraction of sp³-hybridized carbons (Fsp3) is 0.381. The Kier molecular flexibility index (Phi) is 4.25. The van der Waals surface area contributed by atoms with Crippen molar-refractivity contribution in [2.24, 2.45) is 4.99 Å². The molecule has 7 nitrogen and oxygen atoms in total. The molecule has 0 N–H and O–H groups in total. The summed E-state index contributed by atoms with van der Waals surface area (Å²) in [7, 11) is 1.71. The highest BCUT2D eigenvalue weighted by Gasteiger charge is 2.54. The molecule has 0 radical (unpaired) electrons. The second-order valence-corrected chi connectivity index (χ2v) is 7.61. The van der Waals surface area contributed by atoms with E-state index in [-0.39, 0.29) is 18.5 Å². The zero-order valence-corrected chi connectivity index (χ0v) is 16.7. The number of allylic oxidation sites excluding steroid dienone is 1. The van der Waals surface area contributed by atoms with Crippen molar-refractivity contribution in [2.75, 3.05) is 13.6 Å². The maximum atomic E-state index is 13.4. The van der Waals surface area contributed by atoms with Gasteiger partial charge in [0.25, 0.3) is 5.91 Å². The number of fused-ring (bicyclic) bond motifs is 3. The van der Waals surface area contributed by atoms with Gasteiger partial charge in [-0.1, -0.05) is 29.8 Å². The van der Waals surface area contributed by atoms with Gasteiger partial charge < -0.3 is 14.7 Å². The number of guanidine groups is 1. The van der Waals surface area contributed by atoms with Crippen LogP contribution in [0.25, 0.3) is 0 Å². The molecule has 1 fully saturated rings. The zero-order chi connectivity index (χ0) is 20.2. The van der Waals surface area contributed by atoms with E-state index in [0.717, 1.165) is 22.4 Å². The van der Waals surface area contributed by atoms with E-state index in [2.05, 4.69) is 6.58 Å². The second kappa shape index (κ2) is 6.51. The van der Waals surface area contributed by atoms with E-state index in [4.69, 9.17) is 4.99 Å². The molecule has 28 heavy (non-hydrogen) atoms. The number of carbonyl (C=O) groups is 2. The van der Waals surface area contributed by atoms with Gasteiger partial charge in [0.05, 0.1) is 6.54 Å². The number of aliphatic imine (C=N–C) groups is 1. The van der Waals surface area contributed by atoms with Gasteiger partial charge in [-0.2, -0.15) is 0 Å². The van der Waals surface area contributed by atoms with Crippen molar-refractivity contribution in [1.29, 1.82) is 0 Å². The summed E-state index contributed by atoms with van der Waals surface area (Å²) in [5.74, 6) is 0.492. The number of aryl methyl sites for hydroxylation is 2. The number of likely N-dealkylation sites (N-methyl/N-ethyl adjacent to an activating group) is 1. The molecule has 0 aromatic heterocycles. The van der Waals surface area contributed by atoms with Gasteiger partial charge >= 0.3 is 6.03 Å². The normalized spacial score (nSPS) is 23.7. The van der Waals surface area contributed by atoms with Crippen molar-refractivity contribution < 1.29 is 9.59 Å². The molecule has 0 aliphatic carbocycles. The summed E-state index contributed by atoms with van der Waals surface area (Å²) < 4.78 is 0. The lowest BCUT2D eigenvalue weighted by Crippen LogP contribution is -2.63. The van der Waals surface area contributed by atoms with Gasteiger partial charge in [-0.15, -0.1) is 6.58 Å². The molecule has 3 aliphatic rings.